The standard InChI is InChI=1S/C19H18BrN3O3S/c1-13-10-14(2)23(21-13)12-15-6-5-7-16(11-15)19(24)22-27(25,26)18-9-4-3-8-17(18)20/h3-11H,12H2,1-2H3,(H,22,24). The zero-order valence-corrected chi connectivity index (χ0v) is 17.2. The molecule has 0 aliphatic carbocycles. The Morgan fingerprint density at radius 2 is 1.85 bits per heavy atom. The number of hydrogen-bond acceptors (Lipinski definition) is 4. The Labute approximate surface area is 166 Å². The number of nitrogens with one attached hydrogen (secondary N) is 1. The minimum absolute atomic E-state index is 0.0112. The van der Waals surface area contributed by atoms with Gasteiger partial charge in [0.25, 0.3) is 15.9 Å². The molecule has 1 aromatic heterocycles. The van der Waals surface area contributed by atoms with E-state index in [-0.39, 0.29) is 10.5 Å². The van der Waals surface area contributed by atoms with E-state index in [2.05, 4.69) is 25.8 Å². The van der Waals surface area contributed by atoms with Crippen LogP contribution in [-0.4, -0.2) is 24.1 Å². The van der Waals surface area contributed by atoms with E-state index >= 15 is 0 Å². The van der Waals surface area contributed by atoms with Crippen molar-refractivity contribution in [3.8, 4) is 0 Å². The van der Waals surface area contributed by atoms with E-state index in [1.54, 1.807) is 36.4 Å². The topological polar surface area (TPSA) is 81.1 Å². The summed E-state index contributed by atoms with van der Waals surface area (Å²) in [5, 5.41) is 4.40. The maximum Gasteiger partial charge on any atom is 0.265 e. The first kappa shape index (κ1) is 19.3. The number of benzene rings is 2. The summed E-state index contributed by atoms with van der Waals surface area (Å²) in [6.07, 6.45) is 0. The maximum absolute atomic E-state index is 12.5. The van der Waals surface area contributed by atoms with Gasteiger partial charge in [-0.15, -0.1) is 0 Å². The van der Waals surface area contributed by atoms with Crippen molar-refractivity contribution in [2.75, 3.05) is 0 Å². The van der Waals surface area contributed by atoms with Gasteiger partial charge in [0, 0.05) is 15.7 Å². The smallest absolute Gasteiger partial charge is 0.265 e. The molecule has 1 heterocycles. The summed E-state index contributed by atoms with van der Waals surface area (Å²) in [5.41, 5.74) is 3.05. The number of nitrogens with zero attached hydrogens (tertiary/aromatic N) is 2. The fourth-order valence-corrected chi connectivity index (χ4v) is 4.70. The van der Waals surface area contributed by atoms with Gasteiger partial charge in [-0.05, 0) is 65.7 Å². The molecule has 0 unspecified atom stereocenters. The summed E-state index contributed by atoms with van der Waals surface area (Å²) < 4.78 is 29.3. The monoisotopic (exact) mass is 447 g/mol. The average molecular weight is 448 g/mol. The summed E-state index contributed by atoms with van der Waals surface area (Å²) >= 11 is 3.20. The number of carbonyl (C=O) groups excluding carboxylic acids is 1. The molecule has 0 atom stereocenters. The lowest BCUT2D eigenvalue weighted by atomic mass is 10.1. The van der Waals surface area contributed by atoms with Crippen molar-refractivity contribution >= 4 is 31.9 Å². The van der Waals surface area contributed by atoms with Gasteiger partial charge >= 0.3 is 0 Å². The number of carbonyl (C=O) groups is 1. The predicted molar refractivity (Wildman–Crippen MR) is 106 cm³/mol. The highest BCUT2D eigenvalue weighted by Crippen LogP contribution is 2.21. The lowest BCUT2D eigenvalue weighted by Gasteiger charge is -2.10. The number of sulfonamides is 1. The lowest BCUT2D eigenvalue weighted by molar-refractivity contribution is 0.0981. The highest BCUT2D eigenvalue weighted by molar-refractivity contribution is 9.10. The Kier molecular flexibility index (Phi) is 5.48. The van der Waals surface area contributed by atoms with Crippen molar-refractivity contribution in [3.05, 3.63) is 81.6 Å². The highest BCUT2D eigenvalue weighted by atomic mass is 79.9. The van der Waals surface area contributed by atoms with Gasteiger partial charge in [0.05, 0.1) is 12.2 Å². The molecule has 1 N–H and O–H groups in total. The number of hydrogen-bond donors (Lipinski definition) is 1. The molecule has 6 nitrogen and oxygen atoms in total. The van der Waals surface area contributed by atoms with E-state index in [4.69, 9.17) is 0 Å². The van der Waals surface area contributed by atoms with Crippen LogP contribution in [0.5, 0.6) is 0 Å². The van der Waals surface area contributed by atoms with Crippen molar-refractivity contribution in [2.24, 2.45) is 0 Å². The first-order valence-electron chi connectivity index (χ1n) is 8.18. The molecule has 1 amide bonds. The van der Waals surface area contributed by atoms with Crippen LogP contribution in [0.4, 0.5) is 0 Å². The second-order valence-corrected chi connectivity index (χ2v) is 8.66. The van der Waals surface area contributed by atoms with E-state index in [0.717, 1.165) is 17.0 Å². The molecular formula is C19H18BrN3O3S. The first-order valence-corrected chi connectivity index (χ1v) is 10.5. The molecule has 140 valence electrons. The van der Waals surface area contributed by atoms with E-state index in [0.29, 0.717) is 11.0 Å². The summed E-state index contributed by atoms with van der Waals surface area (Å²) in [6, 6.07) is 15.1. The molecule has 0 saturated carbocycles. The largest absolute Gasteiger partial charge is 0.268 e. The minimum Gasteiger partial charge on any atom is -0.268 e. The molecular weight excluding hydrogens is 430 g/mol. The van der Waals surface area contributed by atoms with Crippen LogP contribution < -0.4 is 4.72 Å². The van der Waals surface area contributed by atoms with Crippen LogP contribution in [-0.2, 0) is 16.6 Å². The van der Waals surface area contributed by atoms with Crippen LogP contribution in [0.3, 0.4) is 0 Å². The van der Waals surface area contributed by atoms with Crippen molar-refractivity contribution in [1.82, 2.24) is 14.5 Å². The van der Waals surface area contributed by atoms with Gasteiger partial charge in [0.15, 0.2) is 0 Å². The van der Waals surface area contributed by atoms with Crippen LogP contribution in [0.1, 0.15) is 27.3 Å². The fraction of sp³-hybridized carbons (Fsp3) is 0.158. The number of aromatic nitrogens is 2. The second kappa shape index (κ2) is 7.66. The van der Waals surface area contributed by atoms with Gasteiger partial charge in [-0.1, -0.05) is 24.3 Å². The molecule has 0 radical (unpaired) electrons. The third-order valence-electron chi connectivity index (χ3n) is 3.98. The molecule has 27 heavy (non-hydrogen) atoms. The lowest BCUT2D eigenvalue weighted by Crippen LogP contribution is -2.30. The zero-order chi connectivity index (χ0) is 19.6. The molecule has 0 aliphatic heterocycles. The molecule has 0 aliphatic rings. The quantitative estimate of drug-likeness (QED) is 0.649. The van der Waals surface area contributed by atoms with Gasteiger partial charge in [-0.2, -0.15) is 5.10 Å². The van der Waals surface area contributed by atoms with Crippen LogP contribution >= 0.6 is 15.9 Å². The zero-order valence-electron chi connectivity index (χ0n) is 14.8. The Hall–Kier alpha value is -2.45. The van der Waals surface area contributed by atoms with Crippen molar-refractivity contribution in [1.29, 1.82) is 0 Å². The SMILES string of the molecule is Cc1cc(C)n(Cc2cccc(C(=O)NS(=O)(=O)c3ccccc3Br)c2)n1. The van der Waals surface area contributed by atoms with Gasteiger partial charge in [-0.3, -0.25) is 9.48 Å². The molecule has 0 spiro atoms. The Balaban J connectivity index is 1.81. The van der Waals surface area contributed by atoms with E-state index in [1.165, 1.54) is 6.07 Å². The van der Waals surface area contributed by atoms with Gasteiger partial charge in [0.1, 0.15) is 4.90 Å². The number of rotatable bonds is 5. The third-order valence-corrected chi connectivity index (χ3v) is 6.32. The summed E-state index contributed by atoms with van der Waals surface area (Å²) in [5.74, 6) is -0.680. The number of halogens is 1. The molecule has 8 heteroatoms. The van der Waals surface area contributed by atoms with Crippen molar-refractivity contribution < 1.29 is 13.2 Å². The summed E-state index contributed by atoms with van der Waals surface area (Å²) in [4.78, 5) is 12.5. The maximum atomic E-state index is 12.5. The van der Waals surface area contributed by atoms with Crippen LogP contribution in [0.2, 0.25) is 0 Å². The summed E-state index contributed by atoms with van der Waals surface area (Å²) in [7, 11) is -3.98. The predicted octanol–water partition coefficient (Wildman–Crippen LogP) is 3.43. The normalized spacial score (nSPS) is 11.4. The van der Waals surface area contributed by atoms with E-state index in [1.807, 2.05) is 30.7 Å². The van der Waals surface area contributed by atoms with Crippen molar-refractivity contribution in [2.45, 2.75) is 25.3 Å². The Morgan fingerprint density at radius 3 is 2.52 bits per heavy atom. The van der Waals surface area contributed by atoms with E-state index < -0.39 is 15.9 Å². The van der Waals surface area contributed by atoms with Gasteiger partial charge in [0.2, 0.25) is 0 Å². The number of amides is 1. The highest BCUT2D eigenvalue weighted by Gasteiger charge is 2.21. The summed E-state index contributed by atoms with van der Waals surface area (Å²) in [6.45, 7) is 4.37. The molecule has 0 saturated heterocycles. The molecule has 3 rings (SSSR count). The van der Waals surface area contributed by atoms with Gasteiger partial charge < -0.3 is 0 Å². The molecule has 0 bridgehead atoms. The molecule has 2 aromatic carbocycles. The van der Waals surface area contributed by atoms with Crippen LogP contribution in [0.25, 0.3) is 0 Å². The van der Waals surface area contributed by atoms with Crippen LogP contribution in [0, 0.1) is 13.8 Å². The third kappa shape index (κ3) is 4.45. The van der Waals surface area contributed by atoms with Gasteiger partial charge in [-0.25, -0.2) is 13.1 Å². The molecule has 3 aromatic rings. The number of aryl methyl sites for hydroxylation is 2. The fourth-order valence-electron chi connectivity index (χ4n) is 2.72. The average Bonchev–Trinajstić information content (AvgIpc) is 2.92. The van der Waals surface area contributed by atoms with E-state index in [9.17, 15) is 13.2 Å². The Morgan fingerprint density at radius 1 is 1.11 bits per heavy atom. The Bertz CT molecular complexity index is 1110. The first-order chi connectivity index (χ1) is 12.8. The van der Waals surface area contributed by atoms with Crippen LogP contribution in [0.15, 0.2) is 64.0 Å². The van der Waals surface area contributed by atoms with Crippen molar-refractivity contribution in [3.63, 3.8) is 0 Å². The minimum atomic E-state index is -3.98. The second-order valence-electron chi connectivity index (χ2n) is 6.15. The molecule has 0 fully saturated rings.